The summed E-state index contributed by atoms with van der Waals surface area (Å²) in [6.07, 6.45) is 3.06. The zero-order chi connectivity index (χ0) is 16.1. The van der Waals surface area contributed by atoms with Gasteiger partial charge in [-0.2, -0.15) is 0 Å². The van der Waals surface area contributed by atoms with E-state index < -0.39 is 0 Å². The van der Waals surface area contributed by atoms with Gasteiger partial charge in [0, 0.05) is 19.5 Å². The summed E-state index contributed by atoms with van der Waals surface area (Å²) in [7, 11) is 0. The molecule has 1 unspecified atom stereocenters. The van der Waals surface area contributed by atoms with Crippen molar-refractivity contribution in [1.82, 2.24) is 20.1 Å². The molecule has 0 aliphatic carbocycles. The minimum atomic E-state index is 0.191. The molecule has 1 aliphatic heterocycles. The molecule has 1 aromatic heterocycles. The average molecular weight is 330 g/mol. The number of thioether (sulfide) groups is 1. The number of nitrogens with one attached hydrogen (secondary N) is 1. The van der Waals surface area contributed by atoms with E-state index in [2.05, 4.69) is 34.2 Å². The number of aromatic amines is 1. The van der Waals surface area contributed by atoms with Gasteiger partial charge in [0.1, 0.15) is 5.82 Å². The summed E-state index contributed by atoms with van der Waals surface area (Å²) in [6, 6.07) is 10.2. The summed E-state index contributed by atoms with van der Waals surface area (Å²) < 4.78 is 0. The van der Waals surface area contributed by atoms with Crippen molar-refractivity contribution in [3.63, 3.8) is 0 Å². The fourth-order valence-electron chi connectivity index (χ4n) is 2.84. The number of hydrogen-bond acceptors (Lipinski definition) is 4. The lowest BCUT2D eigenvalue weighted by Gasteiger charge is -2.30. The standard InChI is InChI=1S/C17H22N4OS/c1-13-6-5-9-21(11-13)16(22)12-23-17-18-15(19-20-17)10-14-7-3-2-4-8-14/h2-4,7-8,13H,5-6,9-12H2,1H3,(H,18,19,20). The minimum Gasteiger partial charge on any atom is -0.342 e. The van der Waals surface area contributed by atoms with Crippen molar-refractivity contribution in [3.05, 3.63) is 41.7 Å². The van der Waals surface area contributed by atoms with E-state index in [1.165, 1.54) is 23.7 Å². The molecule has 1 aliphatic rings. The van der Waals surface area contributed by atoms with Gasteiger partial charge in [-0.25, -0.2) is 4.98 Å². The highest BCUT2D eigenvalue weighted by Crippen LogP contribution is 2.19. The molecule has 0 radical (unpaired) electrons. The van der Waals surface area contributed by atoms with Crippen LogP contribution in [0.15, 0.2) is 35.5 Å². The Morgan fingerprint density at radius 1 is 1.39 bits per heavy atom. The van der Waals surface area contributed by atoms with Crippen LogP contribution >= 0.6 is 11.8 Å². The van der Waals surface area contributed by atoms with Gasteiger partial charge in [-0.15, -0.1) is 5.10 Å². The van der Waals surface area contributed by atoms with Gasteiger partial charge in [-0.3, -0.25) is 9.89 Å². The predicted octanol–water partition coefficient (Wildman–Crippen LogP) is 2.75. The lowest BCUT2D eigenvalue weighted by atomic mass is 10.0. The summed E-state index contributed by atoms with van der Waals surface area (Å²) in [5, 5.41) is 7.81. The Labute approximate surface area is 140 Å². The number of amides is 1. The fraction of sp³-hybridized carbons (Fsp3) is 0.471. The largest absolute Gasteiger partial charge is 0.342 e. The van der Waals surface area contributed by atoms with Crippen LogP contribution < -0.4 is 0 Å². The first-order chi connectivity index (χ1) is 11.2. The van der Waals surface area contributed by atoms with Crippen molar-refractivity contribution in [3.8, 4) is 0 Å². The molecule has 2 aromatic rings. The molecule has 1 aromatic carbocycles. The molecule has 0 bridgehead atoms. The Balaban J connectivity index is 1.50. The number of benzene rings is 1. The SMILES string of the molecule is CC1CCCN(C(=O)CSc2n[nH]c(Cc3ccccc3)n2)C1. The highest BCUT2D eigenvalue weighted by molar-refractivity contribution is 7.99. The Kier molecular flexibility index (Phi) is 5.33. The Morgan fingerprint density at radius 3 is 3.00 bits per heavy atom. The van der Waals surface area contributed by atoms with E-state index in [-0.39, 0.29) is 5.91 Å². The molecule has 1 atom stereocenters. The zero-order valence-electron chi connectivity index (χ0n) is 13.4. The zero-order valence-corrected chi connectivity index (χ0v) is 14.2. The minimum absolute atomic E-state index is 0.191. The summed E-state index contributed by atoms with van der Waals surface area (Å²) in [5.74, 6) is 2.04. The van der Waals surface area contributed by atoms with Crippen LogP contribution in [0, 0.1) is 5.92 Å². The molecule has 23 heavy (non-hydrogen) atoms. The lowest BCUT2D eigenvalue weighted by molar-refractivity contribution is -0.130. The molecule has 5 nitrogen and oxygen atoms in total. The normalized spacial score (nSPS) is 18.1. The molecule has 1 amide bonds. The van der Waals surface area contributed by atoms with Crippen LogP contribution in [0.4, 0.5) is 0 Å². The van der Waals surface area contributed by atoms with Gasteiger partial charge >= 0.3 is 0 Å². The van der Waals surface area contributed by atoms with Crippen molar-refractivity contribution in [2.24, 2.45) is 5.92 Å². The second kappa shape index (κ2) is 7.64. The maximum absolute atomic E-state index is 12.3. The number of carbonyl (C=O) groups is 1. The van der Waals surface area contributed by atoms with Crippen LogP contribution in [0.25, 0.3) is 0 Å². The van der Waals surface area contributed by atoms with Gasteiger partial charge in [0.2, 0.25) is 11.1 Å². The number of likely N-dealkylation sites (tertiary alicyclic amines) is 1. The van der Waals surface area contributed by atoms with Gasteiger partial charge in [0.05, 0.1) is 5.75 Å². The number of nitrogens with zero attached hydrogens (tertiary/aromatic N) is 3. The first-order valence-electron chi connectivity index (χ1n) is 8.06. The van der Waals surface area contributed by atoms with E-state index in [0.717, 1.165) is 31.8 Å². The van der Waals surface area contributed by atoms with E-state index in [1.807, 2.05) is 23.1 Å². The van der Waals surface area contributed by atoms with Crippen molar-refractivity contribution in [2.45, 2.75) is 31.3 Å². The van der Waals surface area contributed by atoms with E-state index in [0.29, 0.717) is 16.8 Å². The number of H-pyrrole nitrogens is 1. The number of rotatable bonds is 5. The molecule has 1 N–H and O–H groups in total. The Bertz CT molecular complexity index is 643. The van der Waals surface area contributed by atoms with E-state index in [9.17, 15) is 4.79 Å². The quantitative estimate of drug-likeness (QED) is 0.856. The van der Waals surface area contributed by atoms with Gasteiger partial charge < -0.3 is 4.90 Å². The summed E-state index contributed by atoms with van der Waals surface area (Å²) >= 11 is 1.41. The molecule has 1 saturated heterocycles. The maximum Gasteiger partial charge on any atom is 0.233 e. The number of carbonyl (C=O) groups excluding carboxylic acids is 1. The molecule has 1 fully saturated rings. The first kappa shape index (κ1) is 16.1. The molecular formula is C17H22N4OS. The highest BCUT2D eigenvalue weighted by Gasteiger charge is 2.21. The van der Waals surface area contributed by atoms with Crippen LogP contribution in [0.3, 0.4) is 0 Å². The van der Waals surface area contributed by atoms with Crippen molar-refractivity contribution in [2.75, 3.05) is 18.8 Å². The number of aromatic nitrogens is 3. The van der Waals surface area contributed by atoms with Gasteiger partial charge in [0.15, 0.2) is 0 Å². The monoisotopic (exact) mass is 330 g/mol. The third-order valence-corrected chi connectivity index (χ3v) is 4.89. The van der Waals surface area contributed by atoms with Crippen LogP contribution in [-0.2, 0) is 11.2 Å². The van der Waals surface area contributed by atoms with E-state index in [1.54, 1.807) is 0 Å². The van der Waals surface area contributed by atoms with Crippen LogP contribution in [0.1, 0.15) is 31.2 Å². The summed E-state index contributed by atoms with van der Waals surface area (Å²) in [5.41, 5.74) is 1.19. The second-order valence-corrected chi connectivity index (χ2v) is 7.05. The Hall–Kier alpha value is -1.82. The van der Waals surface area contributed by atoms with Crippen LogP contribution in [0.5, 0.6) is 0 Å². The predicted molar refractivity (Wildman–Crippen MR) is 91.3 cm³/mol. The molecule has 6 heteroatoms. The van der Waals surface area contributed by atoms with Crippen LogP contribution in [-0.4, -0.2) is 44.8 Å². The maximum atomic E-state index is 12.3. The lowest BCUT2D eigenvalue weighted by Crippen LogP contribution is -2.40. The third-order valence-electron chi connectivity index (χ3n) is 4.06. The van der Waals surface area contributed by atoms with E-state index in [4.69, 9.17) is 0 Å². The smallest absolute Gasteiger partial charge is 0.233 e. The van der Waals surface area contributed by atoms with E-state index >= 15 is 0 Å². The Morgan fingerprint density at radius 2 is 2.22 bits per heavy atom. The summed E-state index contributed by atoms with van der Waals surface area (Å²) in [4.78, 5) is 18.7. The van der Waals surface area contributed by atoms with Gasteiger partial charge in [-0.1, -0.05) is 49.0 Å². The molecule has 3 rings (SSSR count). The highest BCUT2D eigenvalue weighted by atomic mass is 32.2. The first-order valence-corrected chi connectivity index (χ1v) is 9.05. The summed E-state index contributed by atoms with van der Waals surface area (Å²) in [6.45, 7) is 3.97. The van der Waals surface area contributed by atoms with Crippen LogP contribution in [0.2, 0.25) is 0 Å². The average Bonchev–Trinajstić information content (AvgIpc) is 3.01. The molecule has 122 valence electrons. The van der Waals surface area contributed by atoms with Crippen molar-refractivity contribution < 1.29 is 4.79 Å². The van der Waals surface area contributed by atoms with Gasteiger partial charge in [-0.05, 0) is 24.3 Å². The van der Waals surface area contributed by atoms with Crippen molar-refractivity contribution >= 4 is 17.7 Å². The topological polar surface area (TPSA) is 61.9 Å². The molecular weight excluding hydrogens is 308 g/mol. The molecule has 0 spiro atoms. The number of piperidine rings is 1. The molecule has 0 saturated carbocycles. The van der Waals surface area contributed by atoms with Gasteiger partial charge in [0.25, 0.3) is 0 Å². The third kappa shape index (κ3) is 4.58. The van der Waals surface area contributed by atoms with Crippen molar-refractivity contribution in [1.29, 1.82) is 0 Å². The molecule has 2 heterocycles. The fourth-order valence-corrected chi connectivity index (χ4v) is 3.56. The second-order valence-electron chi connectivity index (χ2n) is 6.10. The number of hydrogen-bond donors (Lipinski definition) is 1.